The molecule has 7 nitrogen and oxygen atoms in total. The fraction of sp³-hybridized carbons (Fsp3) is 0.348. The van der Waals surface area contributed by atoms with E-state index in [-0.39, 0.29) is 30.2 Å². The van der Waals surface area contributed by atoms with E-state index in [1.807, 2.05) is 38.1 Å². The molecule has 1 atom stereocenters. The lowest BCUT2D eigenvalue weighted by atomic mass is 10.1. The van der Waals surface area contributed by atoms with Gasteiger partial charge < -0.3 is 20.3 Å². The Labute approximate surface area is 176 Å². The van der Waals surface area contributed by atoms with Crippen LogP contribution in [0.4, 0.5) is 5.69 Å². The molecule has 1 aliphatic rings. The van der Waals surface area contributed by atoms with Gasteiger partial charge in [-0.2, -0.15) is 0 Å². The third-order valence-electron chi connectivity index (χ3n) is 5.21. The first-order valence-corrected chi connectivity index (χ1v) is 10.00. The lowest BCUT2D eigenvalue weighted by Crippen LogP contribution is -2.33. The highest BCUT2D eigenvalue weighted by Crippen LogP contribution is 2.23. The number of hydrogen-bond donors (Lipinski definition) is 2. The molecule has 0 unspecified atom stereocenters. The molecule has 0 spiro atoms. The first-order chi connectivity index (χ1) is 14.4. The van der Waals surface area contributed by atoms with Crippen molar-refractivity contribution in [2.45, 2.75) is 32.9 Å². The molecule has 1 fully saturated rings. The maximum Gasteiger partial charge on any atom is 0.253 e. The van der Waals surface area contributed by atoms with Crippen molar-refractivity contribution in [2.75, 3.05) is 19.0 Å². The molecule has 3 rings (SSSR count). The Hall–Kier alpha value is -3.35. The van der Waals surface area contributed by atoms with Crippen LogP contribution in [0.1, 0.15) is 36.2 Å². The zero-order valence-electron chi connectivity index (χ0n) is 17.5. The van der Waals surface area contributed by atoms with Gasteiger partial charge in [0.15, 0.2) is 0 Å². The lowest BCUT2D eigenvalue weighted by molar-refractivity contribution is -0.129. The summed E-state index contributed by atoms with van der Waals surface area (Å²) in [5, 5.41) is 5.70. The highest BCUT2D eigenvalue weighted by atomic mass is 16.5. The number of carbonyl (C=O) groups excluding carboxylic acids is 3. The summed E-state index contributed by atoms with van der Waals surface area (Å²) in [6, 6.07) is 14.4. The monoisotopic (exact) mass is 409 g/mol. The molecule has 1 saturated heterocycles. The molecule has 7 heteroatoms. The summed E-state index contributed by atoms with van der Waals surface area (Å²) in [5.41, 5.74) is 1.65. The topological polar surface area (TPSA) is 87.7 Å². The molecule has 0 saturated carbocycles. The number of nitrogens with one attached hydrogen (secondary N) is 2. The number of hydrogen-bond acceptors (Lipinski definition) is 4. The van der Waals surface area contributed by atoms with Gasteiger partial charge in [-0.15, -0.1) is 0 Å². The summed E-state index contributed by atoms with van der Waals surface area (Å²) in [4.78, 5) is 39.3. The smallest absolute Gasteiger partial charge is 0.253 e. The minimum Gasteiger partial charge on any atom is -0.496 e. The number of methoxy groups -OCH3 is 1. The van der Waals surface area contributed by atoms with E-state index in [4.69, 9.17) is 4.74 Å². The Morgan fingerprint density at radius 2 is 1.83 bits per heavy atom. The molecular formula is C23H27N3O4. The van der Waals surface area contributed by atoms with Crippen LogP contribution < -0.4 is 15.4 Å². The van der Waals surface area contributed by atoms with E-state index in [0.29, 0.717) is 30.1 Å². The summed E-state index contributed by atoms with van der Waals surface area (Å²) in [5.74, 6) is -0.308. The van der Waals surface area contributed by atoms with Crippen molar-refractivity contribution in [1.29, 1.82) is 0 Å². The van der Waals surface area contributed by atoms with Gasteiger partial charge >= 0.3 is 0 Å². The van der Waals surface area contributed by atoms with Gasteiger partial charge in [0.25, 0.3) is 5.91 Å². The van der Waals surface area contributed by atoms with Crippen LogP contribution in [-0.4, -0.2) is 42.3 Å². The zero-order valence-corrected chi connectivity index (χ0v) is 17.5. The minimum atomic E-state index is -0.426. The first kappa shape index (κ1) is 21.4. The first-order valence-electron chi connectivity index (χ1n) is 10.00. The second-order valence-electron chi connectivity index (χ2n) is 7.57. The average Bonchev–Trinajstić information content (AvgIpc) is 3.14. The van der Waals surface area contributed by atoms with Gasteiger partial charge in [-0.1, -0.05) is 30.3 Å². The largest absolute Gasteiger partial charge is 0.496 e. The van der Waals surface area contributed by atoms with Crippen LogP contribution in [0.5, 0.6) is 5.75 Å². The molecule has 0 aromatic heterocycles. The predicted molar refractivity (Wildman–Crippen MR) is 114 cm³/mol. The summed E-state index contributed by atoms with van der Waals surface area (Å²) in [6.07, 6.45) is 0.187. The molecule has 2 aromatic rings. The van der Waals surface area contributed by atoms with Crippen LogP contribution in [0.3, 0.4) is 0 Å². The molecule has 3 amide bonds. The van der Waals surface area contributed by atoms with Crippen LogP contribution in [0.15, 0.2) is 48.5 Å². The molecule has 2 N–H and O–H groups in total. The van der Waals surface area contributed by atoms with Crippen molar-refractivity contribution < 1.29 is 19.1 Å². The van der Waals surface area contributed by atoms with Gasteiger partial charge in [0.2, 0.25) is 11.8 Å². The summed E-state index contributed by atoms with van der Waals surface area (Å²) < 4.78 is 5.31. The number of amides is 3. The Balaban J connectivity index is 1.67. The summed E-state index contributed by atoms with van der Waals surface area (Å²) in [7, 11) is 1.58. The van der Waals surface area contributed by atoms with Crippen molar-refractivity contribution in [2.24, 2.45) is 5.92 Å². The molecule has 2 aromatic carbocycles. The van der Waals surface area contributed by atoms with Crippen molar-refractivity contribution >= 4 is 23.4 Å². The van der Waals surface area contributed by atoms with E-state index >= 15 is 0 Å². The minimum absolute atomic E-state index is 0.0204. The molecule has 0 bridgehead atoms. The van der Waals surface area contributed by atoms with Gasteiger partial charge in [0.1, 0.15) is 5.75 Å². The fourth-order valence-corrected chi connectivity index (χ4v) is 3.55. The standard InChI is InChI=1S/C23H27N3O4/c1-15(2)26-14-17(12-21(26)27)22(28)25-19-10-6-5-9-18(19)23(29)24-13-16-8-4-7-11-20(16)30-3/h4-11,15,17H,12-14H2,1-3H3,(H,24,29)(H,25,28)/t17-/m0/s1. The van der Waals surface area contributed by atoms with E-state index in [1.165, 1.54) is 0 Å². The van der Waals surface area contributed by atoms with Crippen LogP contribution in [0, 0.1) is 5.92 Å². The second kappa shape index (κ2) is 9.43. The van der Waals surface area contributed by atoms with Gasteiger partial charge in [0.05, 0.1) is 24.3 Å². The molecule has 1 heterocycles. The fourth-order valence-electron chi connectivity index (χ4n) is 3.55. The maximum absolute atomic E-state index is 12.8. The van der Waals surface area contributed by atoms with Crippen LogP contribution in [0.25, 0.3) is 0 Å². The quantitative estimate of drug-likeness (QED) is 0.736. The zero-order chi connectivity index (χ0) is 21.7. The normalized spacial score (nSPS) is 15.9. The predicted octanol–water partition coefficient (Wildman–Crippen LogP) is 2.82. The number of nitrogens with zero attached hydrogens (tertiary/aromatic N) is 1. The number of ether oxygens (including phenoxy) is 1. The molecule has 0 aliphatic carbocycles. The number of anilines is 1. The van der Waals surface area contributed by atoms with Gasteiger partial charge in [-0.3, -0.25) is 14.4 Å². The van der Waals surface area contributed by atoms with Gasteiger partial charge in [-0.05, 0) is 32.0 Å². The van der Waals surface area contributed by atoms with Crippen LogP contribution in [0.2, 0.25) is 0 Å². The van der Waals surface area contributed by atoms with E-state index in [0.717, 1.165) is 5.56 Å². The van der Waals surface area contributed by atoms with E-state index in [1.54, 1.807) is 36.3 Å². The summed E-state index contributed by atoms with van der Waals surface area (Å²) >= 11 is 0. The van der Waals surface area contributed by atoms with Gasteiger partial charge in [-0.25, -0.2) is 0 Å². The highest BCUT2D eigenvalue weighted by Gasteiger charge is 2.35. The molecule has 1 aliphatic heterocycles. The van der Waals surface area contributed by atoms with E-state index in [2.05, 4.69) is 10.6 Å². The number of benzene rings is 2. The van der Waals surface area contributed by atoms with Crippen molar-refractivity contribution in [3.63, 3.8) is 0 Å². The van der Waals surface area contributed by atoms with Crippen LogP contribution >= 0.6 is 0 Å². The highest BCUT2D eigenvalue weighted by molar-refractivity contribution is 6.05. The Kier molecular flexibility index (Phi) is 6.72. The SMILES string of the molecule is COc1ccccc1CNC(=O)c1ccccc1NC(=O)[C@H]1CC(=O)N(C(C)C)C1. The number of rotatable bonds is 7. The van der Waals surface area contributed by atoms with Crippen molar-refractivity contribution in [3.8, 4) is 5.75 Å². The Morgan fingerprint density at radius 1 is 1.13 bits per heavy atom. The third kappa shape index (κ3) is 4.79. The van der Waals surface area contributed by atoms with Gasteiger partial charge in [0, 0.05) is 31.1 Å². The lowest BCUT2D eigenvalue weighted by Gasteiger charge is -2.20. The molecular weight excluding hydrogens is 382 g/mol. The number of likely N-dealkylation sites (tertiary alicyclic amines) is 1. The maximum atomic E-state index is 12.8. The van der Waals surface area contributed by atoms with E-state index < -0.39 is 5.92 Å². The summed E-state index contributed by atoms with van der Waals surface area (Å²) in [6.45, 7) is 4.55. The Morgan fingerprint density at radius 3 is 2.53 bits per heavy atom. The second-order valence-corrected chi connectivity index (χ2v) is 7.57. The third-order valence-corrected chi connectivity index (χ3v) is 5.21. The molecule has 0 radical (unpaired) electrons. The average molecular weight is 409 g/mol. The van der Waals surface area contributed by atoms with Crippen molar-refractivity contribution in [1.82, 2.24) is 10.2 Å². The number of para-hydroxylation sites is 2. The van der Waals surface area contributed by atoms with Crippen molar-refractivity contribution in [3.05, 3.63) is 59.7 Å². The van der Waals surface area contributed by atoms with E-state index in [9.17, 15) is 14.4 Å². The Bertz CT molecular complexity index is 942. The van der Waals surface area contributed by atoms with Crippen LogP contribution in [-0.2, 0) is 16.1 Å². The molecule has 158 valence electrons. The molecule has 30 heavy (non-hydrogen) atoms. The number of carbonyl (C=O) groups is 3.